The number of rotatable bonds is 12. The van der Waals surface area contributed by atoms with Crippen LogP contribution < -0.4 is 5.32 Å². The number of ether oxygens (including phenoxy) is 2. The zero-order chi connectivity index (χ0) is 34.2. The van der Waals surface area contributed by atoms with E-state index in [4.69, 9.17) is 9.47 Å². The SMILES string of the molecule is CC(C(O)c1ccccc1)N(C)CC1CC(c2ccc(CO)cc2)OC(c2ccc(-c3cccc(CNC(=O)c4ccccc4)c3)cc2)O1. The standard InChI is InChI=1S/C42H44N2O5/c1-29(40(46)34-11-5-3-6-12-34)44(2)27-38-25-39(33-18-16-30(28-45)17-19-33)49-42(48-38)36-22-20-32(21-23-36)37-15-9-10-31(24-37)26-43-41(47)35-13-7-4-8-14-35/h3-24,29,38-40,42,45-46H,25-28H2,1-2H3,(H,43,47). The van der Waals surface area contributed by atoms with Gasteiger partial charge in [0.25, 0.3) is 5.91 Å². The number of amides is 1. The maximum Gasteiger partial charge on any atom is 0.251 e. The van der Waals surface area contributed by atoms with Crippen molar-refractivity contribution in [3.05, 3.63) is 167 Å². The lowest BCUT2D eigenvalue weighted by molar-refractivity contribution is -0.253. The van der Waals surface area contributed by atoms with Crippen molar-refractivity contribution in [3.63, 3.8) is 0 Å². The number of nitrogens with zero attached hydrogens (tertiary/aromatic N) is 1. The minimum absolute atomic E-state index is 0.00975. The van der Waals surface area contributed by atoms with Crippen molar-refractivity contribution in [1.29, 1.82) is 0 Å². The van der Waals surface area contributed by atoms with Gasteiger partial charge >= 0.3 is 0 Å². The molecule has 5 unspecified atom stereocenters. The van der Waals surface area contributed by atoms with Gasteiger partial charge in [-0.25, -0.2) is 0 Å². The van der Waals surface area contributed by atoms with Crippen molar-refractivity contribution in [1.82, 2.24) is 10.2 Å². The molecule has 1 fully saturated rings. The van der Waals surface area contributed by atoms with Gasteiger partial charge in [0.05, 0.1) is 24.9 Å². The van der Waals surface area contributed by atoms with Crippen LogP contribution >= 0.6 is 0 Å². The van der Waals surface area contributed by atoms with E-state index < -0.39 is 12.4 Å². The number of benzene rings is 5. The Hall–Kier alpha value is -4.63. The Morgan fingerprint density at radius 3 is 2.16 bits per heavy atom. The van der Waals surface area contributed by atoms with Crippen molar-refractivity contribution in [3.8, 4) is 11.1 Å². The lowest BCUT2D eigenvalue weighted by Crippen LogP contribution is -2.43. The number of likely N-dealkylation sites (N-methyl/N-ethyl adjacent to an activating group) is 1. The molecule has 0 radical (unpaired) electrons. The van der Waals surface area contributed by atoms with Gasteiger partial charge in [-0.3, -0.25) is 9.69 Å². The van der Waals surface area contributed by atoms with Crippen LogP contribution in [0.5, 0.6) is 0 Å². The summed E-state index contributed by atoms with van der Waals surface area (Å²) >= 11 is 0. The van der Waals surface area contributed by atoms with Crippen molar-refractivity contribution < 1.29 is 24.5 Å². The summed E-state index contributed by atoms with van der Waals surface area (Å²) in [7, 11) is 2.02. The van der Waals surface area contributed by atoms with Crippen LogP contribution in [0.25, 0.3) is 11.1 Å². The molecule has 5 aromatic rings. The fraction of sp³-hybridized carbons (Fsp3) is 0.262. The van der Waals surface area contributed by atoms with Gasteiger partial charge in [-0.05, 0) is 65.6 Å². The average Bonchev–Trinajstić information content (AvgIpc) is 3.17. The predicted molar refractivity (Wildman–Crippen MR) is 191 cm³/mol. The van der Waals surface area contributed by atoms with Crippen LogP contribution in [-0.2, 0) is 22.6 Å². The first-order valence-corrected chi connectivity index (χ1v) is 16.8. The summed E-state index contributed by atoms with van der Waals surface area (Å²) in [6, 6.07) is 43.1. The van der Waals surface area contributed by atoms with Crippen LogP contribution in [0.4, 0.5) is 0 Å². The molecule has 252 valence electrons. The third-order valence-electron chi connectivity index (χ3n) is 9.33. The molecule has 3 N–H and O–H groups in total. The number of hydrogen-bond donors (Lipinski definition) is 3. The van der Waals surface area contributed by atoms with Crippen LogP contribution in [-0.4, -0.2) is 46.8 Å². The Morgan fingerprint density at radius 1 is 0.796 bits per heavy atom. The zero-order valence-corrected chi connectivity index (χ0v) is 28.0. The summed E-state index contributed by atoms with van der Waals surface area (Å²) in [4.78, 5) is 14.7. The average molecular weight is 657 g/mol. The van der Waals surface area contributed by atoms with E-state index in [0.29, 0.717) is 25.1 Å². The van der Waals surface area contributed by atoms with Gasteiger partial charge in [0.15, 0.2) is 6.29 Å². The van der Waals surface area contributed by atoms with E-state index in [-0.39, 0.29) is 30.8 Å². The summed E-state index contributed by atoms with van der Waals surface area (Å²) in [5, 5.41) is 23.7. The van der Waals surface area contributed by atoms with E-state index in [2.05, 4.69) is 34.5 Å². The number of aliphatic hydroxyl groups is 2. The van der Waals surface area contributed by atoms with Crippen molar-refractivity contribution in [2.45, 2.75) is 57.1 Å². The fourth-order valence-corrected chi connectivity index (χ4v) is 6.26. The first-order chi connectivity index (χ1) is 23.9. The highest BCUT2D eigenvalue weighted by molar-refractivity contribution is 5.94. The van der Waals surface area contributed by atoms with Gasteiger partial charge in [-0.2, -0.15) is 0 Å². The van der Waals surface area contributed by atoms with Crippen LogP contribution in [0.3, 0.4) is 0 Å². The third-order valence-corrected chi connectivity index (χ3v) is 9.33. The number of nitrogens with one attached hydrogen (secondary N) is 1. The first kappa shape index (κ1) is 34.2. The second-order valence-corrected chi connectivity index (χ2v) is 12.8. The molecule has 0 aliphatic carbocycles. The predicted octanol–water partition coefficient (Wildman–Crippen LogP) is 7.38. The van der Waals surface area contributed by atoms with Gasteiger partial charge in [0.1, 0.15) is 0 Å². The quantitative estimate of drug-likeness (QED) is 0.130. The van der Waals surface area contributed by atoms with Crippen molar-refractivity contribution in [2.75, 3.05) is 13.6 Å². The summed E-state index contributed by atoms with van der Waals surface area (Å²) < 4.78 is 13.2. The molecule has 1 heterocycles. The second-order valence-electron chi connectivity index (χ2n) is 12.8. The molecule has 5 atom stereocenters. The summed E-state index contributed by atoms with van der Waals surface area (Å²) in [6.45, 7) is 3.07. The molecule has 0 spiro atoms. The second kappa shape index (κ2) is 16.2. The maximum absolute atomic E-state index is 12.5. The molecule has 7 heteroatoms. The molecule has 0 aromatic heterocycles. The number of hydrogen-bond acceptors (Lipinski definition) is 6. The van der Waals surface area contributed by atoms with Crippen LogP contribution in [0.2, 0.25) is 0 Å². The van der Waals surface area contributed by atoms with Gasteiger partial charge in [-0.15, -0.1) is 0 Å². The normalized spacial score (nSPS) is 18.9. The van der Waals surface area contributed by atoms with Gasteiger partial charge in [-0.1, -0.05) is 115 Å². The largest absolute Gasteiger partial charge is 0.392 e. The van der Waals surface area contributed by atoms with E-state index in [9.17, 15) is 15.0 Å². The number of carbonyl (C=O) groups excluding carboxylic acids is 1. The highest BCUT2D eigenvalue weighted by atomic mass is 16.7. The molecule has 1 aliphatic rings. The maximum atomic E-state index is 12.5. The lowest BCUT2D eigenvalue weighted by atomic mass is 9.98. The van der Waals surface area contributed by atoms with Crippen LogP contribution in [0.15, 0.2) is 133 Å². The van der Waals surface area contributed by atoms with E-state index >= 15 is 0 Å². The Balaban J connectivity index is 1.16. The summed E-state index contributed by atoms with van der Waals surface area (Å²) in [6.07, 6.45) is -0.924. The Bertz CT molecular complexity index is 1780. The van der Waals surface area contributed by atoms with E-state index in [1.54, 1.807) is 12.1 Å². The molecule has 49 heavy (non-hydrogen) atoms. The van der Waals surface area contributed by atoms with Crippen LogP contribution in [0.1, 0.15) is 70.0 Å². The minimum Gasteiger partial charge on any atom is -0.392 e. The van der Waals surface area contributed by atoms with Gasteiger partial charge < -0.3 is 25.0 Å². The molecule has 5 aromatic carbocycles. The van der Waals surface area contributed by atoms with E-state index in [0.717, 1.165) is 38.9 Å². The topological polar surface area (TPSA) is 91.3 Å². The third kappa shape index (κ3) is 8.70. The smallest absolute Gasteiger partial charge is 0.251 e. The highest BCUT2D eigenvalue weighted by Crippen LogP contribution is 2.39. The minimum atomic E-state index is -0.630. The Labute approximate surface area is 288 Å². The molecular weight excluding hydrogens is 612 g/mol. The molecule has 0 saturated carbocycles. The summed E-state index contributed by atoms with van der Waals surface area (Å²) in [5.41, 5.74) is 7.43. The molecule has 1 amide bonds. The summed E-state index contributed by atoms with van der Waals surface area (Å²) in [5.74, 6) is -0.100. The van der Waals surface area contributed by atoms with Crippen LogP contribution in [0, 0.1) is 0 Å². The zero-order valence-electron chi connectivity index (χ0n) is 28.0. The van der Waals surface area contributed by atoms with Crippen molar-refractivity contribution in [2.24, 2.45) is 0 Å². The molecule has 7 nitrogen and oxygen atoms in total. The first-order valence-electron chi connectivity index (χ1n) is 16.8. The van der Waals surface area contributed by atoms with E-state index in [1.165, 1.54) is 0 Å². The fourth-order valence-electron chi connectivity index (χ4n) is 6.26. The lowest BCUT2D eigenvalue weighted by Gasteiger charge is -2.39. The Kier molecular flexibility index (Phi) is 11.3. The van der Waals surface area contributed by atoms with Gasteiger partial charge in [0.2, 0.25) is 0 Å². The Morgan fingerprint density at radius 2 is 1.47 bits per heavy atom. The molecule has 1 saturated heterocycles. The molecule has 1 aliphatic heterocycles. The number of aliphatic hydroxyl groups excluding tert-OH is 2. The molecule has 6 rings (SSSR count). The number of carbonyl (C=O) groups is 1. The van der Waals surface area contributed by atoms with Gasteiger partial charge in [0, 0.05) is 36.7 Å². The van der Waals surface area contributed by atoms with Crippen molar-refractivity contribution >= 4 is 5.91 Å². The van der Waals surface area contributed by atoms with E-state index in [1.807, 2.05) is 111 Å². The monoisotopic (exact) mass is 656 g/mol. The molecular formula is C42H44N2O5. The molecule has 0 bridgehead atoms. The highest BCUT2D eigenvalue weighted by Gasteiger charge is 2.34.